The fourth-order valence-electron chi connectivity index (χ4n) is 3.81. The molecule has 0 bridgehead atoms. The summed E-state index contributed by atoms with van der Waals surface area (Å²) in [6, 6.07) is 17.7. The Balaban J connectivity index is 1.48. The number of carbonyl (C=O) groups excluding carboxylic acids is 1. The molecule has 4 aromatic carbocycles. The monoisotopic (exact) mass is 654 g/mol. The van der Waals surface area contributed by atoms with Crippen molar-refractivity contribution in [1.29, 1.82) is 0 Å². The number of methoxy groups -OCH3 is 2. The van der Waals surface area contributed by atoms with E-state index in [1.165, 1.54) is 74.9 Å². The van der Waals surface area contributed by atoms with E-state index in [2.05, 4.69) is 31.1 Å². The van der Waals surface area contributed by atoms with Crippen molar-refractivity contribution < 1.29 is 40.2 Å². The van der Waals surface area contributed by atoms with Gasteiger partial charge in [0.15, 0.2) is 0 Å². The van der Waals surface area contributed by atoms with E-state index < -0.39 is 26.3 Å². The summed E-state index contributed by atoms with van der Waals surface area (Å²) in [7, 11) is -6.00. The second-order valence-corrected chi connectivity index (χ2v) is 12.0. The van der Waals surface area contributed by atoms with Gasteiger partial charge in [0.2, 0.25) is 0 Å². The molecular formula is C28H26N6O9S2. The van der Waals surface area contributed by atoms with Crippen molar-refractivity contribution in [3.8, 4) is 11.5 Å². The summed E-state index contributed by atoms with van der Waals surface area (Å²) >= 11 is 0. The Labute approximate surface area is 258 Å². The zero-order valence-electron chi connectivity index (χ0n) is 23.9. The molecule has 0 aromatic heterocycles. The maximum absolute atomic E-state index is 12.9. The van der Waals surface area contributed by atoms with Gasteiger partial charge in [0.25, 0.3) is 20.2 Å². The molecule has 45 heavy (non-hydrogen) atoms. The highest BCUT2D eigenvalue weighted by Crippen LogP contribution is 2.35. The minimum atomic E-state index is -4.40. The summed E-state index contributed by atoms with van der Waals surface area (Å²) in [5.74, 6) is 0.516. The van der Waals surface area contributed by atoms with Crippen LogP contribution in [0.1, 0.15) is 5.56 Å². The van der Waals surface area contributed by atoms with E-state index in [-0.39, 0.29) is 32.7 Å². The summed E-state index contributed by atoms with van der Waals surface area (Å²) < 4.78 is 74.7. The third kappa shape index (κ3) is 8.67. The van der Waals surface area contributed by atoms with Crippen LogP contribution in [-0.2, 0) is 20.2 Å². The molecular weight excluding hydrogens is 628 g/mol. The van der Waals surface area contributed by atoms with Crippen LogP contribution in [0.25, 0.3) is 0 Å². The highest BCUT2D eigenvalue weighted by Gasteiger charge is 2.15. The smallest absolute Gasteiger partial charge is 0.323 e. The Hall–Kier alpha value is -5.23. The number of amides is 2. The molecule has 4 aromatic rings. The van der Waals surface area contributed by atoms with Crippen molar-refractivity contribution in [1.82, 2.24) is 0 Å². The molecule has 0 heterocycles. The maximum Gasteiger partial charge on any atom is 0.323 e. The number of azo groups is 2. The largest absolute Gasteiger partial charge is 0.494 e. The molecule has 0 aliphatic heterocycles. The van der Waals surface area contributed by atoms with Gasteiger partial charge < -0.3 is 20.1 Å². The van der Waals surface area contributed by atoms with Gasteiger partial charge in [-0.2, -0.15) is 37.3 Å². The first kappa shape index (κ1) is 32.7. The fourth-order valence-corrected chi connectivity index (χ4v) is 4.85. The molecule has 0 saturated carbocycles. The van der Waals surface area contributed by atoms with Gasteiger partial charge in [-0.3, -0.25) is 9.11 Å². The van der Waals surface area contributed by atoms with Crippen LogP contribution in [0.15, 0.2) is 109 Å². The number of carbonyl (C=O) groups is 1. The average molecular weight is 655 g/mol. The number of anilines is 2. The summed E-state index contributed by atoms with van der Waals surface area (Å²) in [5, 5.41) is 21.6. The average Bonchev–Trinajstić information content (AvgIpc) is 2.99. The number of rotatable bonds is 10. The number of ether oxygens (including phenoxy) is 2. The van der Waals surface area contributed by atoms with Crippen molar-refractivity contribution in [3.05, 3.63) is 84.4 Å². The molecule has 0 radical (unpaired) electrons. The van der Waals surface area contributed by atoms with Gasteiger partial charge in [-0.25, -0.2) is 4.79 Å². The minimum absolute atomic E-state index is 0.189. The van der Waals surface area contributed by atoms with Crippen LogP contribution >= 0.6 is 0 Å². The summed E-state index contributed by atoms with van der Waals surface area (Å²) in [6.07, 6.45) is 0. The van der Waals surface area contributed by atoms with Crippen molar-refractivity contribution in [2.45, 2.75) is 16.7 Å². The van der Waals surface area contributed by atoms with E-state index in [4.69, 9.17) is 9.47 Å². The van der Waals surface area contributed by atoms with E-state index in [9.17, 15) is 30.7 Å². The van der Waals surface area contributed by atoms with Gasteiger partial charge in [0, 0.05) is 12.1 Å². The molecule has 15 nitrogen and oxygen atoms in total. The van der Waals surface area contributed by atoms with Gasteiger partial charge in [-0.1, -0.05) is 12.1 Å². The lowest BCUT2D eigenvalue weighted by atomic mass is 10.1. The van der Waals surface area contributed by atoms with Crippen LogP contribution in [0, 0.1) is 6.92 Å². The van der Waals surface area contributed by atoms with E-state index in [0.717, 1.165) is 6.07 Å². The standard InChI is InChI=1S/C28H26N6O9S2/c1-17-12-25(27(43-3)16-24(17)34-33-19-7-5-9-22(14-19)45(39,40)41)30-28(35)29-23-11-10-20(15-26(23)42-2)32-31-18-6-4-8-21(13-18)44(36,37)38/h4-16H,1-3H3,(H2,29,30,35)(H,36,37,38)(H,39,40,41). The first-order chi connectivity index (χ1) is 21.3. The highest BCUT2D eigenvalue weighted by atomic mass is 32.2. The lowest BCUT2D eigenvalue weighted by Crippen LogP contribution is -2.20. The van der Waals surface area contributed by atoms with Crippen molar-refractivity contribution in [3.63, 3.8) is 0 Å². The summed E-state index contributed by atoms with van der Waals surface area (Å²) in [5.41, 5.74) is 2.32. The van der Waals surface area contributed by atoms with E-state index in [1.54, 1.807) is 19.1 Å². The lowest BCUT2D eigenvalue weighted by molar-refractivity contribution is 0.262. The van der Waals surface area contributed by atoms with Crippen LogP contribution in [-0.4, -0.2) is 46.2 Å². The predicted molar refractivity (Wildman–Crippen MR) is 164 cm³/mol. The molecule has 0 aliphatic rings. The second-order valence-electron chi connectivity index (χ2n) is 9.15. The zero-order valence-corrected chi connectivity index (χ0v) is 25.5. The van der Waals surface area contributed by atoms with E-state index in [1.807, 2.05) is 0 Å². The number of benzene rings is 4. The number of aryl methyl sites for hydroxylation is 1. The molecule has 2 amide bonds. The van der Waals surface area contributed by atoms with Gasteiger partial charge in [0.1, 0.15) is 11.5 Å². The number of urea groups is 1. The highest BCUT2D eigenvalue weighted by molar-refractivity contribution is 7.86. The Kier molecular flexibility index (Phi) is 9.88. The maximum atomic E-state index is 12.9. The van der Waals surface area contributed by atoms with Crippen LogP contribution in [0.4, 0.5) is 38.9 Å². The molecule has 0 aliphatic carbocycles. The third-order valence-corrected chi connectivity index (χ3v) is 7.68. The molecule has 4 N–H and O–H groups in total. The first-order valence-electron chi connectivity index (χ1n) is 12.7. The molecule has 234 valence electrons. The quantitative estimate of drug-likeness (QED) is 0.102. The van der Waals surface area contributed by atoms with E-state index >= 15 is 0 Å². The minimum Gasteiger partial charge on any atom is -0.494 e. The van der Waals surface area contributed by atoms with Crippen LogP contribution in [0.2, 0.25) is 0 Å². The van der Waals surface area contributed by atoms with Gasteiger partial charge in [0.05, 0.1) is 58.1 Å². The van der Waals surface area contributed by atoms with Crippen LogP contribution in [0.3, 0.4) is 0 Å². The molecule has 0 fully saturated rings. The van der Waals surface area contributed by atoms with Gasteiger partial charge >= 0.3 is 6.03 Å². The molecule has 0 saturated heterocycles. The van der Waals surface area contributed by atoms with Gasteiger partial charge in [-0.05, 0) is 67.1 Å². The van der Waals surface area contributed by atoms with Crippen LogP contribution < -0.4 is 20.1 Å². The van der Waals surface area contributed by atoms with Gasteiger partial charge in [-0.15, -0.1) is 0 Å². The Bertz CT molecular complexity index is 2030. The molecule has 17 heteroatoms. The molecule has 0 spiro atoms. The third-order valence-electron chi connectivity index (χ3n) is 5.98. The summed E-state index contributed by atoms with van der Waals surface area (Å²) in [6.45, 7) is 1.72. The van der Waals surface area contributed by atoms with Crippen molar-refractivity contribution in [2.75, 3.05) is 24.9 Å². The van der Waals surface area contributed by atoms with Crippen LogP contribution in [0.5, 0.6) is 11.5 Å². The van der Waals surface area contributed by atoms with E-state index in [0.29, 0.717) is 28.3 Å². The normalized spacial score (nSPS) is 11.9. The molecule has 0 unspecified atom stereocenters. The number of hydrogen-bond donors (Lipinski definition) is 4. The number of hydrogen-bond acceptors (Lipinski definition) is 11. The Morgan fingerprint density at radius 1 is 0.644 bits per heavy atom. The topological polar surface area (TPSA) is 218 Å². The number of nitrogens with zero attached hydrogens (tertiary/aromatic N) is 4. The summed E-state index contributed by atoms with van der Waals surface area (Å²) in [4.78, 5) is 12.2. The van der Waals surface area contributed by atoms with Crippen molar-refractivity contribution in [2.24, 2.45) is 20.5 Å². The fraction of sp³-hybridized carbons (Fsp3) is 0.107. The second kappa shape index (κ2) is 13.6. The Morgan fingerprint density at radius 2 is 1.13 bits per heavy atom. The predicted octanol–water partition coefficient (Wildman–Crippen LogP) is 6.98. The van der Waals surface area contributed by atoms with Crippen molar-refractivity contribution >= 4 is 60.4 Å². The zero-order chi connectivity index (χ0) is 32.8. The molecule has 4 rings (SSSR count). The SMILES string of the molecule is COc1cc(N=Nc2cccc(S(=O)(=O)O)c2)ccc1NC(=O)Nc1cc(C)c(N=Nc2cccc(S(=O)(=O)O)c2)cc1OC. The first-order valence-corrected chi connectivity index (χ1v) is 15.6. The molecule has 0 atom stereocenters. The number of nitrogens with one attached hydrogen (secondary N) is 2. The Morgan fingerprint density at radius 3 is 1.67 bits per heavy atom. The lowest BCUT2D eigenvalue weighted by Gasteiger charge is -2.14.